The summed E-state index contributed by atoms with van der Waals surface area (Å²) in [4.78, 5) is 2.59. The monoisotopic (exact) mass is 263 g/mol. The quantitative estimate of drug-likeness (QED) is 0.836. The lowest BCUT2D eigenvalue weighted by Gasteiger charge is -2.44. The first kappa shape index (κ1) is 13.1. The first-order valence-corrected chi connectivity index (χ1v) is 7.56. The van der Waals surface area contributed by atoms with Gasteiger partial charge in [-0.15, -0.1) is 0 Å². The number of nitrogens with zero attached hydrogens (tertiary/aromatic N) is 3. The average molecular weight is 263 g/mol. The molecular weight excluding hydrogens is 238 g/mol. The van der Waals surface area contributed by atoms with Gasteiger partial charge in [-0.05, 0) is 57.2 Å². The van der Waals surface area contributed by atoms with Gasteiger partial charge >= 0.3 is 0 Å². The van der Waals surface area contributed by atoms with Crippen molar-refractivity contribution < 1.29 is 4.74 Å². The zero-order valence-corrected chi connectivity index (χ0v) is 12.0. The minimum absolute atomic E-state index is 0.608. The Morgan fingerprint density at radius 1 is 1.16 bits per heavy atom. The number of piperidine rings is 1. The standard InChI is InChI=1S/C15H25N3O/c1-14-2-7-18(16-14)11-10-17-8-3-15(4-9-17)5-12-19-13-6-15/h2,7H,3-6,8-13H2,1H3. The van der Waals surface area contributed by atoms with Gasteiger partial charge in [0.05, 0.1) is 12.2 Å². The van der Waals surface area contributed by atoms with Crippen LogP contribution in [0.1, 0.15) is 31.4 Å². The van der Waals surface area contributed by atoms with Gasteiger partial charge in [-0.25, -0.2) is 0 Å². The molecule has 0 bridgehead atoms. The Morgan fingerprint density at radius 2 is 1.89 bits per heavy atom. The van der Waals surface area contributed by atoms with Crippen LogP contribution in [0.5, 0.6) is 0 Å². The van der Waals surface area contributed by atoms with Crippen molar-refractivity contribution in [1.29, 1.82) is 0 Å². The smallest absolute Gasteiger partial charge is 0.0593 e. The second-order valence-electron chi connectivity index (χ2n) is 6.17. The van der Waals surface area contributed by atoms with E-state index in [4.69, 9.17) is 4.74 Å². The molecule has 3 heterocycles. The third-order valence-corrected chi connectivity index (χ3v) is 4.89. The Morgan fingerprint density at radius 3 is 2.53 bits per heavy atom. The van der Waals surface area contributed by atoms with E-state index in [1.54, 1.807) is 0 Å². The van der Waals surface area contributed by atoms with Crippen LogP contribution >= 0.6 is 0 Å². The summed E-state index contributed by atoms with van der Waals surface area (Å²) in [6.07, 6.45) is 7.35. The molecule has 4 nitrogen and oxygen atoms in total. The second kappa shape index (κ2) is 5.63. The van der Waals surface area contributed by atoms with Crippen LogP contribution in [0.4, 0.5) is 0 Å². The number of hydrogen-bond acceptors (Lipinski definition) is 3. The molecule has 4 heteroatoms. The van der Waals surface area contributed by atoms with Gasteiger partial charge in [-0.3, -0.25) is 4.68 Å². The van der Waals surface area contributed by atoms with Gasteiger partial charge in [0.2, 0.25) is 0 Å². The number of aromatic nitrogens is 2. The Hall–Kier alpha value is -0.870. The van der Waals surface area contributed by atoms with Gasteiger partial charge in [0.15, 0.2) is 0 Å². The van der Waals surface area contributed by atoms with Crippen LogP contribution in [0.2, 0.25) is 0 Å². The molecule has 0 atom stereocenters. The van der Waals surface area contributed by atoms with Crippen LogP contribution in [0.25, 0.3) is 0 Å². The molecule has 0 N–H and O–H groups in total. The molecule has 3 rings (SSSR count). The van der Waals surface area contributed by atoms with E-state index in [0.717, 1.165) is 32.0 Å². The molecule has 106 valence electrons. The van der Waals surface area contributed by atoms with E-state index in [-0.39, 0.29) is 0 Å². The molecule has 0 amide bonds. The summed E-state index contributed by atoms with van der Waals surface area (Å²) in [6, 6.07) is 2.08. The van der Waals surface area contributed by atoms with Crippen molar-refractivity contribution in [3.8, 4) is 0 Å². The third-order valence-electron chi connectivity index (χ3n) is 4.89. The van der Waals surface area contributed by atoms with Crippen molar-refractivity contribution in [2.24, 2.45) is 5.41 Å². The number of hydrogen-bond donors (Lipinski definition) is 0. The molecule has 0 radical (unpaired) electrons. The van der Waals surface area contributed by atoms with Crippen LogP contribution in [-0.2, 0) is 11.3 Å². The van der Waals surface area contributed by atoms with E-state index in [2.05, 4.69) is 26.9 Å². The fourth-order valence-electron chi connectivity index (χ4n) is 3.39. The van der Waals surface area contributed by atoms with Crippen molar-refractivity contribution in [2.75, 3.05) is 32.8 Å². The summed E-state index contributed by atoms with van der Waals surface area (Å²) in [5.41, 5.74) is 1.72. The van der Waals surface area contributed by atoms with E-state index in [1.807, 2.05) is 6.92 Å². The highest BCUT2D eigenvalue weighted by Crippen LogP contribution is 2.40. The Labute approximate surface area is 115 Å². The van der Waals surface area contributed by atoms with Crippen LogP contribution < -0.4 is 0 Å². The summed E-state index contributed by atoms with van der Waals surface area (Å²) < 4.78 is 7.57. The van der Waals surface area contributed by atoms with Gasteiger partial charge in [-0.1, -0.05) is 0 Å². The van der Waals surface area contributed by atoms with Crippen molar-refractivity contribution >= 4 is 0 Å². The summed E-state index contributed by atoms with van der Waals surface area (Å²) >= 11 is 0. The summed E-state index contributed by atoms with van der Waals surface area (Å²) in [7, 11) is 0. The zero-order valence-electron chi connectivity index (χ0n) is 12.0. The van der Waals surface area contributed by atoms with Crippen molar-refractivity contribution in [3.63, 3.8) is 0 Å². The maximum absolute atomic E-state index is 5.51. The summed E-state index contributed by atoms with van der Waals surface area (Å²) in [5.74, 6) is 0. The highest BCUT2D eigenvalue weighted by atomic mass is 16.5. The average Bonchev–Trinajstić information content (AvgIpc) is 2.85. The Kier molecular flexibility index (Phi) is 3.89. The molecular formula is C15H25N3O. The van der Waals surface area contributed by atoms with Gasteiger partial charge < -0.3 is 9.64 Å². The van der Waals surface area contributed by atoms with Gasteiger partial charge in [-0.2, -0.15) is 5.10 Å². The molecule has 0 aliphatic carbocycles. The molecule has 0 unspecified atom stereocenters. The minimum Gasteiger partial charge on any atom is -0.381 e. The molecule has 2 saturated heterocycles. The second-order valence-corrected chi connectivity index (χ2v) is 6.17. The van der Waals surface area contributed by atoms with Gasteiger partial charge in [0.25, 0.3) is 0 Å². The number of ether oxygens (including phenoxy) is 1. The minimum atomic E-state index is 0.608. The molecule has 0 aromatic carbocycles. The molecule has 0 saturated carbocycles. The number of aryl methyl sites for hydroxylation is 1. The predicted octanol–water partition coefficient (Wildman–Crippen LogP) is 2.08. The Bertz CT molecular complexity index is 399. The molecule has 1 aromatic heterocycles. The first-order chi connectivity index (χ1) is 9.26. The maximum Gasteiger partial charge on any atom is 0.0593 e. The Balaban J connectivity index is 1.45. The molecule has 2 fully saturated rings. The summed E-state index contributed by atoms with van der Waals surface area (Å²) in [6.45, 7) is 8.66. The molecule has 2 aliphatic rings. The van der Waals surface area contributed by atoms with E-state index < -0.39 is 0 Å². The van der Waals surface area contributed by atoms with E-state index in [0.29, 0.717) is 5.41 Å². The lowest BCUT2D eigenvalue weighted by Crippen LogP contribution is -2.43. The van der Waals surface area contributed by atoms with Crippen LogP contribution in [0.3, 0.4) is 0 Å². The zero-order chi connectivity index (χ0) is 13.1. The summed E-state index contributed by atoms with van der Waals surface area (Å²) in [5, 5.41) is 4.45. The van der Waals surface area contributed by atoms with Crippen LogP contribution in [0, 0.1) is 12.3 Å². The third kappa shape index (κ3) is 3.18. The number of likely N-dealkylation sites (tertiary alicyclic amines) is 1. The SMILES string of the molecule is Cc1ccn(CCN2CCC3(CCOCC3)CC2)n1. The van der Waals surface area contributed by atoms with E-state index >= 15 is 0 Å². The lowest BCUT2D eigenvalue weighted by molar-refractivity contribution is -0.0209. The van der Waals surface area contributed by atoms with Gasteiger partial charge in [0.1, 0.15) is 0 Å². The lowest BCUT2D eigenvalue weighted by atomic mass is 9.72. The fourth-order valence-corrected chi connectivity index (χ4v) is 3.39. The van der Waals surface area contributed by atoms with Crippen molar-refractivity contribution in [3.05, 3.63) is 18.0 Å². The maximum atomic E-state index is 5.51. The molecule has 1 aromatic rings. The van der Waals surface area contributed by atoms with E-state index in [1.165, 1.54) is 38.8 Å². The fraction of sp³-hybridized carbons (Fsp3) is 0.800. The van der Waals surface area contributed by atoms with Crippen LogP contribution in [-0.4, -0.2) is 47.5 Å². The van der Waals surface area contributed by atoms with E-state index in [9.17, 15) is 0 Å². The topological polar surface area (TPSA) is 30.3 Å². The normalized spacial score (nSPS) is 23.8. The highest BCUT2D eigenvalue weighted by Gasteiger charge is 2.35. The predicted molar refractivity (Wildman–Crippen MR) is 75.1 cm³/mol. The number of rotatable bonds is 3. The molecule has 2 aliphatic heterocycles. The molecule has 19 heavy (non-hydrogen) atoms. The van der Waals surface area contributed by atoms with Gasteiger partial charge in [0, 0.05) is 26.0 Å². The first-order valence-electron chi connectivity index (χ1n) is 7.56. The van der Waals surface area contributed by atoms with Crippen molar-refractivity contribution in [2.45, 2.75) is 39.2 Å². The van der Waals surface area contributed by atoms with Crippen molar-refractivity contribution in [1.82, 2.24) is 14.7 Å². The molecule has 1 spiro atoms. The van der Waals surface area contributed by atoms with Crippen LogP contribution in [0.15, 0.2) is 12.3 Å². The largest absolute Gasteiger partial charge is 0.381 e. The highest BCUT2D eigenvalue weighted by molar-refractivity contribution is 4.94.